The summed E-state index contributed by atoms with van der Waals surface area (Å²) < 4.78 is 5.01. The summed E-state index contributed by atoms with van der Waals surface area (Å²) in [5.41, 5.74) is 4.36. The molecule has 0 N–H and O–H groups in total. The van der Waals surface area contributed by atoms with Crippen LogP contribution < -0.4 is 4.90 Å². The number of hydrogen-bond donors (Lipinski definition) is 0. The van der Waals surface area contributed by atoms with Gasteiger partial charge in [-0.3, -0.25) is 9.59 Å². The first-order valence-corrected chi connectivity index (χ1v) is 10.6. The second-order valence-corrected chi connectivity index (χ2v) is 7.41. The summed E-state index contributed by atoms with van der Waals surface area (Å²) in [6.45, 7) is 4.09. The minimum absolute atomic E-state index is 0.272. The number of fused-ring (bicyclic) bond motifs is 1. The van der Waals surface area contributed by atoms with Gasteiger partial charge in [0.05, 0.1) is 17.9 Å². The van der Waals surface area contributed by atoms with E-state index in [0.29, 0.717) is 28.0 Å². The molecule has 0 saturated carbocycles. The number of amides is 2. The third-order valence-electron chi connectivity index (χ3n) is 5.42. The van der Waals surface area contributed by atoms with Crippen molar-refractivity contribution in [1.82, 2.24) is 0 Å². The van der Waals surface area contributed by atoms with Crippen LogP contribution in [0.2, 0.25) is 0 Å². The molecule has 0 aliphatic carbocycles. The normalized spacial score (nSPS) is 14.4. The smallest absolute Gasteiger partial charge is 0.338 e. The first-order valence-electron chi connectivity index (χ1n) is 10.6. The van der Waals surface area contributed by atoms with Gasteiger partial charge in [-0.15, -0.1) is 0 Å². The number of anilines is 1. The van der Waals surface area contributed by atoms with Crippen molar-refractivity contribution in [2.24, 2.45) is 0 Å². The van der Waals surface area contributed by atoms with Crippen LogP contribution in [0.5, 0.6) is 0 Å². The summed E-state index contributed by atoms with van der Waals surface area (Å²) in [4.78, 5) is 39.8. The molecule has 0 fully saturated rings. The molecule has 0 atom stereocenters. The maximum atomic E-state index is 13.5. The first kappa shape index (κ1) is 21.2. The summed E-state index contributed by atoms with van der Waals surface area (Å²) >= 11 is 0. The monoisotopic (exact) mass is 425 g/mol. The van der Waals surface area contributed by atoms with Crippen molar-refractivity contribution in [3.8, 4) is 0 Å². The van der Waals surface area contributed by atoms with Crippen molar-refractivity contribution >= 4 is 35.1 Å². The van der Waals surface area contributed by atoms with Crippen LogP contribution in [0.4, 0.5) is 5.69 Å². The number of aryl methyl sites for hydroxylation is 1. The van der Waals surface area contributed by atoms with Crippen LogP contribution in [0.15, 0.2) is 72.8 Å². The lowest BCUT2D eigenvalue weighted by Gasteiger charge is -2.28. The van der Waals surface area contributed by atoms with Gasteiger partial charge in [0.2, 0.25) is 0 Å². The van der Waals surface area contributed by atoms with E-state index in [1.165, 1.54) is 5.56 Å². The minimum atomic E-state index is -0.447. The highest BCUT2D eigenvalue weighted by Crippen LogP contribution is 2.33. The highest BCUT2D eigenvalue weighted by Gasteiger charge is 2.35. The summed E-state index contributed by atoms with van der Waals surface area (Å²) in [6.07, 6.45) is 2.75. The number of carbonyl (C=O) groups excluding carboxylic acids is 3. The van der Waals surface area contributed by atoms with E-state index in [2.05, 4.69) is 6.92 Å². The van der Waals surface area contributed by atoms with Gasteiger partial charge in [0.1, 0.15) is 0 Å². The van der Waals surface area contributed by atoms with Crippen molar-refractivity contribution in [3.63, 3.8) is 0 Å². The van der Waals surface area contributed by atoms with Crippen LogP contribution in [0.3, 0.4) is 0 Å². The maximum Gasteiger partial charge on any atom is 0.338 e. The molecule has 0 spiro atoms. The summed E-state index contributed by atoms with van der Waals surface area (Å²) in [5.74, 6) is -1.25. The van der Waals surface area contributed by atoms with E-state index in [4.69, 9.17) is 4.74 Å². The van der Waals surface area contributed by atoms with Crippen molar-refractivity contribution < 1.29 is 19.1 Å². The van der Waals surface area contributed by atoms with Crippen LogP contribution in [0, 0.1) is 0 Å². The summed E-state index contributed by atoms with van der Waals surface area (Å²) in [6, 6.07) is 21.4. The van der Waals surface area contributed by atoms with Gasteiger partial charge < -0.3 is 4.74 Å². The standard InChI is InChI=1S/C27H23NO4/c1-3-18-9-11-19(12-10-18)17-24-22-7-5-6-8-23(22)25(29)28(26(24)30)21-15-13-20(14-16-21)27(31)32-4-2/h5-17H,3-4H2,1-2H3. The van der Waals surface area contributed by atoms with Crippen LogP contribution in [-0.4, -0.2) is 24.4 Å². The Bertz CT molecular complexity index is 1210. The molecule has 3 aromatic rings. The molecular weight excluding hydrogens is 402 g/mol. The van der Waals surface area contributed by atoms with Gasteiger partial charge in [-0.2, -0.15) is 0 Å². The van der Waals surface area contributed by atoms with E-state index < -0.39 is 17.8 Å². The molecule has 32 heavy (non-hydrogen) atoms. The van der Waals surface area contributed by atoms with E-state index >= 15 is 0 Å². The third kappa shape index (κ3) is 3.97. The van der Waals surface area contributed by atoms with Crippen molar-refractivity contribution in [1.29, 1.82) is 0 Å². The number of imide groups is 1. The van der Waals surface area contributed by atoms with E-state index in [9.17, 15) is 14.4 Å². The Morgan fingerprint density at radius 3 is 2.12 bits per heavy atom. The molecular formula is C27H23NO4. The predicted octanol–water partition coefficient (Wildman–Crippen LogP) is 5.15. The molecule has 5 heteroatoms. The highest BCUT2D eigenvalue weighted by atomic mass is 16.5. The fourth-order valence-electron chi connectivity index (χ4n) is 3.70. The molecule has 4 rings (SSSR count). The Balaban J connectivity index is 1.76. The zero-order valence-electron chi connectivity index (χ0n) is 18.0. The van der Waals surface area contributed by atoms with Gasteiger partial charge in [-0.05, 0) is 66.4 Å². The third-order valence-corrected chi connectivity index (χ3v) is 5.42. The number of benzene rings is 3. The molecule has 5 nitrogen and oxygen atoms in total. The maximum absolute atomic E-state index is 13.5. The van der Waals surface area contributed by atoms with Gasteiger partial charge >= 0.3 is 5.97 Å². The lowest BCUT2D eigenvalue weighted by molar-refractivity contribution is -0.112. The SMILES string of the molecule is CCOC(=O)c1ccc(N2C(=O)C(=Cc3ccc(CC)cc3)c3ccccc3C2=O)cc1. The number of nitrogens with zero attached hydrogens (tertiary/aromatic N) is 1. The average molecular weight is 425 g/mol. The molecule has 0 bridgehead atoms. The Kier molecular flexibility index (Phi) is 5.99. The molecule has 1 heterocycles. The predicted molar refractivity (Wildman–Crippen MR) is 124 cm³/mol. The topological polar surface area (TPSA) is 63.7 Å². The van der Waals surface area contributed by atoms with Gasteiger partial charge in [0.15, 0.2) is 0 Å². The van der Waals surface area contributed by atoms with Crippen LogP contribution in [-0.2, 0) is 16.0 Å². The molecule has 3 aromatic carbocycles. The molecule has 2 amide bonds. The largest absolute Gasteiger partial charge is 0.462 e. The van der Waals surface area contributed by atoms with Crippen molar-refractivity contribution in [3.05, 3.63) is 101 Å². The van der Waals surface area contributed by atoms with E-state index in [1.807, 2.05) is 36.4 Å². The number of hydrogen-bond acceptors (Lipinski definition) is 4. The highest BCUT2D eigenvalue weighted by molar-refractivity contribution is 6.43. The lowest BCUT2D eigenvalue weighted by atomic mass is 9.91. The average Bonchev–Trinajstić information content (AvgIpc) is 2.83. The van der Waals surface area contributed by atoms with E-state index in [1.54, 1.807) is 49.4 Å². The van der Waals surface area contributed by atoms with Crippen LogP contribution in [0.25, 0.3) is 11.6 Å². The zero-order valence-corrected chi connectivity index (χ0v) is 18.0. The minimum Gasteiger partial charge on any atom is -0.462 e. The number of esters is 1. The summed E-state index contributed by atoms with van der Waals surface area (Å²) in [7, 11) is 0. The molecule has 160 valence electrons. The molecule has 0 radical (unpaired) electrons. The molecule has 1 aliphatic heterocycles. The number of rotatable bonds is 5. The van der Waals surface area contributed by atoms with Crippen LogP contribution in [0.1, 0.15) is 51.3 Å². The van der Waals surface area contributed by atoms with Gasteiger partial charge in [0.25, 0.3) is 11.8 Å². The number of carbonyl (C=O) groups is 3. The zero-order chi connectivity index (χ0) is 22.7. The van der Waals surface area contributed by atoms with E-state index in [0.717, 1.165) is 16.9 Å². The Morgan fingerprint density at radius 2 is 1.50 bits per heavy atom. The Labute approximate surface area is 186 Å². The summed E-state index contributed by atoms with van der Waals surface area (Å²) in [5, 5.41) is 0. The van der Waals surface area contributed by atoms with Crippen molar-refractivity contribution in [2.75, 3.05) is 11.5 Å². The fraction of sp³-hybridized carbons (Fsp3) is 0.148. The van der Waals surface area contributed by atoms with Crippen LogP contribution >= 0.6 is 0 Å². The van der Waals surface area contributed by atoms with Gasteiger partial charge in [-0.1, -0.05) is 49.4 Å². The van der Waals surface area contributed by atoms with Gasteiger partial charge in [0, 0.05) is 11.1 Å². The van der Waals surface area contributed by atoms with E-state index in [-0.39, 0.29) is 6.61 Å². The lowest BCUT2D eigenvalue weighted by Crippen LogP contribution is -2.41. The second-order valence-electron chi connectivity index (χ2n) is 7.41. The quantitative estimate of drug-likeness (QED) is 0.322. The Morgan fingerprint density at radius 1 is 0.844 bits per heavy atom. The molecule has 1 aliphatic rings. The first-order chi connectivity index (χ1) is 15.5. The molecule has 0 unspecified atom stereocenters. The second kappa shape index (κ2) is 9.02. The molecule has 0 saturated heterocycles. The molecule has 0 aromatic heterocycles. The number of ether oxygens (including phenoxy) is 1. The van der Waals surface area contributed by atoms with Gasteiger partial charge in [-0.25, -0.2) is 9.69 Å². The fourth-order valence-corrected chi connectivity index (χ4v) is 3.70. The van der Waals surface area contributed by atoms with Crippen molar-refractivity contribution in [2.45, 2.75) is 20.3 Å². The Hall–Kier alpha value is -3.99.